The molecule has 0 fully saturated rings. The second-order valence-corrected chi connectivity index (χ2v) is 24.3. The number of nitrogens with one attached hydrogen (secondary N) is 2. The molecule has 0 atom stereocenters. The highest BCUT2D eigenvalue weighted by Gasteiger charge is 2.36. The number of hydrogen-bond donors (Lipinski definition) is 2. The van der Waals surface area contributed by atoms with Crippen molar-refractivity contribution in [3.8, 4) is 38.5 Å². The van der Waals surface area contributed by atoms with E-state index in [-0.39, 0.29) is 5.41 Å². The molecule has 5 nitrogen and oxygen atoms in total. The molecule has 5 aromatic heterocycles. The minimum Gasteiger partial charge on any atom is -0.456 e. The number of anilines is 4. The maximum absolute atomic E-state index is 6.36. The molecule has 0 aliphatic heterocycles. The molecule has 2 N–H and O–H groups in total. The van der Waals surface area contributed by atoms with Gasteiger partial charge in [0.15, 0.2) is 0 Å². The van der Waals surface area contributed by atoms with Crippen LogP contribution in [0.2, 0.25) is 0 Å². The Morgan fingerprint density at radius 2 is 1.05 bits per heavy atom. The molecule has 5 heterocycles. The van der Waals surface area contributed by atoms with Gasteiger partial charge in [0.1, 0.15) is 16.2 Å². The number of nitrogens with zero attached hydrogens (tertiary/aromatic N) is 2. The predicted octanol–water partition coefficient (Wildman–Crippen LogP) is 21.2. The van der Waals surface area contributed by atoms with Crippen LogP contribution in [0.25, 0.3) is 133 Å². The van der Waals surface area contributed by atoms with E-state index in [1.54, 1.807) is 11.3 Å². The third-order valence-electron chi connectivity index (χ3n) is 16.4. The monoisotopic (exact) mass is 1050 g/mol. The fourth-order valence-corrected chi connectivity index (χ4v) is 16.1. The molecule has 8 heteroatoms. The summed E-state index contributed by atoms with van der Waals surface area (Å²) in [5.74, 6) is 0. The summed E-state index contributed by atoms with van der Waals surface area (Å²) in [6, 6.07) is 79.8. The Balaban J connectivity index is 0.754. The van der Waals surface area contributed by atoms with Crippen LogP contribution in [0.3, 0.4) is 0 Å². The van der Waals surface area contributed by atoms with E-state index >= 15 is 0 Å². The van der Waals surface area contributed by atoms with Crippen molar-refractivity contribution in [2.24, 2.45) is 0 Å². The van der Waals surface area contributed by atoms with Gasteiger partial charge in [0.25, 0.3) is 0 Å². The van der Waals surface area contributed by atoms with Gasteiger partial charge in [-0.3, -0.25) is 0 Å². The van der Waals surface area contributed by atoms with E-state index in [0.29, 0.717) is 0 Å². The molecule has 0 spiro atoms. The highest BCUT2D eigenvalue weighted by atomic mass is 32.1. The van der Waals surface area contributed by atoms with E-state index in [0.717, 1.165) is 60.9 Å². The van der Waals surface area contributed by atoms with E-state index in [1.807, 2.05) is 34.8 Å². The minimum atomic E-state index is -0.234. The number of furan rings is 1. The normalized spacial score (nSPS) is 13.1. The number of thiazole rings is 1. The van der Waals surface area contributed by atoms with Crippen molar-refractivity contribution < 1.29 is 4.42 Å². The number of fused-ring (bicyclic) bond motifs is 16. The Morgan fingerprint density at radius 1 is 0.423 bits per heavy atom. The summed E-state index contributed by atoms with van der Waals surface area (Å²) in [6.45, 7) is 4.77. The highest BCUT2D eigenvalue weighted by Crippen LogP contribution is 2.52. The quantitative estimate of drug-likeness (QED) is 0.167. The molecular weight excluding hydrogens is 1010 g/mol. The van der Waals surface area contributed by atoms with Gasteiger partial charge < -0.3 is 19.6 Å². The highest BCUT2D eigenvalue weighted by molar-refractivity contribution is 7.27. The number of aromatic nitrogens is 2. The zero-order chi connectivity index (χ0) is 51.4. The van der Waals surface area contributed by atoms with Gasteiger partial charge in [-0.25, -0.2) is 4.98 Å². The van der Waals surface area contributed by atoms with Gasteiger partial charge in [0, 0.05) is 97.0 Å². The first kappa shape index (κ1) is 44.1. The molecule has 0 unspecified atom stereocenters. The van der Waals surface area contributed by atoms with Gasteiger partial charge in [0.2, 0.25) is 0 Å². The lowest BCUT2D eigenvalue weighted by Crippen LogP contribution is -2.15. The lowest BCUT2D eigenvalue weighted by Gasteiger charge is -2.23. The van der Waals surface area contributed by atoms with Crippen molar-refractivity contribution in [1.29, 1.82) is 0 Å². The molecule has 0 amide bonds. The smallest absolute Gasteiger partial charge is 0.137 e. The van der Waals surface area contributed by atoms with Crippen LogP contribution in [0.15, 0.2) is 223 Å². The lowest BCUT2D eigenvalue weighted by atomic mass is 9.81. The SMILES string of the molecule is CC1(C)c2cc(Nc3ccc(-c4nc5ccccc5s4)c4sc5ccccc5c34)ccc2-c2ccc(-c3ccc4sc5c(-n6c7ccccc7c7ccccc76)cc(Nc6ccc7c(c6)oc6ccccc67)cc5c4c3)cc21. The standard InChI is InChI=1S/C70H44N4OS3/c1-70(2)54-34-40(23-27-44(54)45-28-25-41(36-55(45)70)72-57-31-30-51(69-73-56-17-7-12-22-65(56)78-69)68-66(57)50-16-6-11-21-63(50)77-68)39-24-32-64-52(33-39)53-35-43(71-42-26-29-49-48-15-5-10-20-61(48)75-62(49)38-42)37-60(67(53)76-64)74-58-18-8-3-13-46(58)47-14-4-9-19-59(47)74/h3-38,71-72H,1-2H3. The predicted molar refractivity (Wildman–Crippen MR) is 335 cm³/mol. The van der Waals surface area contributed by atoms with Gasteiger partial charge in [-0.1, -0.05) is 123 Å². The molecule has 16 aromatic rings. The number of para-hydroxylation sites is 4. The van der Waals surface area contributed by atoms with Crippen LogP contribution >= 0.6 is 34.0 Å². The third-order valence-corrected chi connectivity index (χ3v) is 19.9. The van der Waals surface area contributed by atoms with E-state index in [1.165, 1.54) is 106 Å². The molecule has 1 aliphatic rings. The third kappa shape index (κ3) is 6.54. The first-order valence-electron chi connectivity index (χ1n) is 26.4. The molecule has 0 saturated heterocycles. The van der Waals surface area contributed by atoms with Crippen LogP contribution in [0, 0.1) is 0 Å². The van der Waals surface area contributed by atoms with Gasteiger partial charge in [-0.2, -0.15) is 0 Å². The average molecular weight is 1050 g/mol. The van der Waals surface area contributed by atoms with Crippen molar-refractivity contribution in [1.82, 2.24) is 9.55 Å². The first-order chi connectivity index (χ1) is 38.4. The van der Waals surface area contributed by atoms with Crippen LogP contribution < -0.4 is 10.6 Å². The summed E-state index contributed by atoms with van der Waals surface area (Å²) < 4.78 is 15.1. The Labute approximate surface area is 459 Å². The molecule has 1 aliphatic carbocycles. The van der Waals surface area contributed by atoms with Gasteiger partial charge >= 0.3 is 0 Å². The summed E-state index contributed by atoms with van der Waals surface area (Å²) in [4.78, 5) is 5.10. The minimum absolute atomic E-state index is 0.234. The van der Waals surface area contributed by atoms with Crippen LogP contribution in [-0.2, 0) is 5.41 Å². The van der Waals surface area contributed by atoms with E-state index in [2.05, 4.69) is 235 Å². The molecule has 11 aromatic carbocycles. The fraction of sp³-hybridized carbons (Fsp3) is 0.0429. The summed E-state index contributed by atoms with van der Waals surface area (Å²) in [5, 5.41) is 18.5. The molecule has 78 heavy (non-hydrogen) atoms. The van der Waals surface area contributed by atoms with Crippen LogP contribution in [-0.4, -0.2) is 9.55 Å². The van der Waals surface area contributed by atoms with Crippen molar-refractivity contribution in [3.05, 3.63) is 230 Å². The van der Waals surface area contributed by atoms with E-state index in [4.69, 9.17) is 9.40 Å². The zero-order valence-corrected chi connectivity index (χ0v) is 44.8. The number of hydrogen-bond acceptors (Lipinski definition) is 7. The summed E-state index contributed by atoms with van der Waals surface area (Å²) in [7, 11) is 0. The van der Waals surface area contributed by atoms with Gasteiger partial charge in [0.05, 0.1) is 31.6 Å². The van der Waals surface area contributed by atoms with Gasteiger partial charge in [-0.05, 0) is 137 Å². The average Bonchev–Trinajstić information content (AvgIpc) is 4.52. The largest absolute Gasteiger partial charge is 0.456 e. The Hall–Kier alpha value is -9.05. The molecule has 0 bridgehead atoms. The maximum atomic E-state index is 6.36. The zero-order valence-electron chi connectivity index (χ0n) is 42.3. The van der Waals surface area contributed by atoms with Crippen LogP contribution in [0.5, 0.6) is 0 Å². The molecular formula is C70H44N4OS3. The van der Waals surface area contributed by atoms with Crippen molar-refractivity contribution in [3.63, 3.8) is 0 Å². The fourth-order valence-electron chi connectivity index (χ4n) is 12.7. The first-order valence-corrected chi connectivity index (χ1v) is 28.9. The topological polar surface area (TPSA) is 55.0 Å². The number of rotatable bonds is 7. The Bertz CT molecular complexity index is 5130. The summed E-state index contributed by atoms with van der Waals surface area (Å²) in [6.07, 6.45) is 0. The Kier molecular flexibility index (Phi) is 9.32. The van der Waals surface area contributed by atoms with Crippen molar-refractivity contribution in [2.75, 3.05) is 10.6 Å². The van der Waals surface area contributed by atoms with Gasteiger partial charge in [-0.15, -0.1) is 34.0 Å². The number of thiophene rings is 2. The molecule has 0 saturated carbocycles. The maximum Gasteiger partial charge on any atom is 0.137 e. The molecule has 368 valence electrons. The second-order valence-electron chi connectivity index (χ2n) is 21.2. The Morgan fingerprint density at radius 3 is 1.88 bits per heavy atom. The summed E-state index contributed by atoms with van der Waals surface area (Å²) >= 11 is 5.49. The molecule has 17 rings (SSSR count). The lowest BCUT2D eigenvalue weighted by molar-refractivity contribution is 0.661. The van der Waals surface area contributed by atoms with Crippen molar-refractivity contribution >= 4 is 151 Å². The molecule has 0 radical (unpaired) electrons. The van der Waals surface area contributed by atoms with Crippen molar-refractivity contribution in [2.45, 2.75) is 19.3 Å². The van der Waals surface area contributed by atoms with Crippen LogP contribution in [0.4, 0.5) is 22.7 Å². The second kappa shape index (κ2) is 16.5. The van der Waals surface area contributed by atoms with E-state index in [9.17, 15) is 0 Å². The van der Waals surface area contributed by atoms with E-state index < -0.39 is 0 Å². The van der Waals surface area contributed by atoms with Crippen LogP contribution in [0.1, 0.15) is 25.0 Å². The summed E-state index contributed by atoms with van der Waals surface area (Å²) in [5.41, 5.74) is 19.1. The number of benzene rings is 11.